The molecular weight excluding hydrogens is 777 g/mol. The summed E-state index contributed by atoms with van der Waals surface area (Å²) >= 11 is 0. The second-order valence-corrected chi connectivity index (χ2v) is 16.8. The predicted molar refractivity (Wildman–Crippen MR) is 262 cm³/mol. The van der Waals surface area contributed by atoms with E-state index in [2.05, 4.69) is 213 Å². The zero-order valence-electron chi connectivity index (χ0n) is 36.0. The van der Waals surface area contributed by atoms with E-state index in [1.54, 1.807) is 0 Å². The van der Waals surface area contributed by atoms with Crippen LogP contribution in [0, 0.1) is 20.8 Å². The molecule has 0 atom stereocenters. The highest BCUT2D eigenvalue weighted by molar-refractivity contribution is 5.87. The summed E-state index contributed by atoms with van der Waals surface area (Å²) in [5, 5.41) is 0. The quantitative estimate of drug-likeness (QED) is 0.153. The molecule has 4 heteroatoms. The van der Waals surface area contributed by atoms with Gasteiger partial charge in [0.05, 0.1) is 5.41 Å². The van der Waals surface area contributed by atoms with Crippen LogP contribution in [0.4, 0.5) is 0 Å². The summed E-state index contributed by atoms with van der Waals surface area (Å²) < 4.78 is 0. The van der Waals surface area contributed by atoms with Gasteiger partial charge in [0.25, 0.3) is 0 Å². The van der Waals surface area contributed by atoms with Gasteiger partial charge in [0.15, 0.2) is 11.6 Å². The predicted octanol–water partition coefficient (Wildman–Crippen LogP) is 14.6. The van der Waals surface area contributed by atoms with E-state index in [-0.39, 0.29) is 0 Å². The maximum Gasteiger partial charge on any atom is 0.163 e. The molecule has 11 rings (SSSR count). The smallest absolute Gasteiger partial charge is 0.163 e. The molecule has 64 heavy (non-hydrogen) atoms. The zero-order chi connectivity index (χ0) is 43.2. The highest BCUT2D eigenvalue weighted by atomic mass is 15.0. The van der Waals surface area contributed by atoms with Crippen molar-refractivity contribution in [1.82, 2.24) is 19.9 Å². The molecule has 0 fully saturated rings. The highest BCUT2D eigenvalue weighted by Gasteiger charge is 2.46. The molecule has 4 nitrogen and oxygen atoms in total. The summed E-state index contributed by atoms with van der Waals surface area (Å²) in [6, 6.07) is 72.3. The lowest BCUT2D eigenvalue weighted by atomic mass is 9.67. The third-order valence-electron chi connectivity index (χ3n) is 13.0. The fraction of sp³-hybridized carbons (Fsp3) is 0.0667. The van der Waals surface area contributed by atoms with Gasteiger partial charge in [-0.05, 0) is 122 Å². The summed E-state index contributed by atoms with van der Waals surface area (Å²) in [4.78, 5) is 19.3. The summed E-state index contributed by atoms with van der Waals surface area (Å²) in [6.45, 7) is 6.24. The molecule has 0 saturated heterocycles. The summed E-state index contributed by atoms with van der Waals surface area (Å²) in [7, 11) is 0. The Bertz CT molecular complexity index is 3310. The Labute approximate surface area is 374 Å². The van der Waals surface area contributed by atoms with E-state index in [1.165, 1.54) is 72.3 Å². The van der Waals surface area contributed by atoms with Crippen LogP contribution in [0.2, 0.25) is 0 Å². The number of hydrogen-bond acceptors (Lipinski definition) is 4. The molecule has 304 valence electrons. The van der Waals surface area contributed by atoms with Crippen LogP contribution in [0.1, 0.15) is 39.2 Å². The van der Waals surface area contributed by atoms with Gasteiger partial charge in [-0.15, -0.1) is 0 Å². The monoisotopic (exact) mass is 820 g/mol. The van der Waals surface area contributed by atoms with Gasteiger partial charge in [0, 0.05) is 29.1 Å². The maximum absolute atomic E-state index is 5.10. The van der Waals surface area contributed by atoms with Crippen molar-refractivity contribution in [3.8, 4) is 78.4 Å². The van der Waals surface area contributed by atoms with Crippen molar-refractivity contribution in [3.63, 3.8) is 0 Å². The van der Waals surface area contributed by atoms with Crippen LogP contribution in [-0.2, 0) is 5.41 Å². The Balaban J connectivity index is 0.991. The molecule has 0 N–H and O–H groups in total. The maximum atomic E-state index is 5.10. The number of rotatable bonds is 8. The van der Waals surface area contributed by atoms with E-state index in [1.807, 2.05) is 25.4 Å². The molecule has 0 unspecified atom stereocenters. The minimum absolute atomic E-state index is 0.592. The molecule has 0 radical (unpaired) electrons. The van der Waals surface area contributed by atoms with E-state index < -0.39 is 5.41 Å². The molecule has 2 heterocycles. The Morgan fingerprint density at radius 2 is 0.812 bits per heavy atom. The third kappa shape index (κ3) is 6.72. The third-order valence-corrected chi connectivity index (χ3v) is 13.0. The second kappa shape index (κ2) is 16.0. The Morgan fingerprint density at radius 3 is 1.50 bits per heavy atom. The lowest BCUT2D eigenvalue weighted by Crippen LogP contribution is -2.28. The molecule has 0 spiro atoms. The van der Waals surface area contributed by atoms with E-state index in [4.69, 9.17) is 15.0 Å². The fourth-order valence-electron chi connectivity index (χ4n) is 9.68. The van der Waals surface area contributed by atoms with Crippen molar-refractivity contribution >= 4 is 0 Å². The fourth-order valence-corrected chi connectivity index (χ4v) is 9.68. The first-order chi connectivity index (χ1) is 31.4. The van der Waals surface area contributed by atoms with Gasteiger partial charge in [-0.3, -0.25) is 4.98 Å². The second-order valence-electron chi connectivity index (χ2n) is 16.8. The first-order valence-corrected chi connectivity index (χ1v) is 21.9. The lowest BCUT2D eigenvalue weighted by Gasteiger charge is -2.34. The number of aromatic nitrogens is 4. The van der Waals surface area contributed by atoms with Crippen LogP contribution in [-0.4, -0.2) is 19.9 Å². The van der Waals surface area contributed by atoms with Crippen molar-refractivity contribution in [3.05, 3.63) is 252 Å². The van der Waals surface area contributed by atoms with Crippen molar-refractivity contribution in [2.24, 2.45) is 0 Å². The summed E-state index contributed by atoms with van der Waals surface area (Å²) in [5.41, 5.74) is 20.5. The molecule has 2 aromatic heterocycles. The topological polar surface area (TPSA) is 51.6 Å². The van der Waals surface area contributed by atoms with Crippen molar-refractivity contribution in [2.75, 3.05) is 0 Å². The SMILES string of the molecule is Cc1nc(-c2ccc(-c3ccccc3)cc2)nc(-c2cccc(C3(c4ccc(-c5cccc(-c6cccc(-c7cncc(C)c7C)c6)c5)cc4)c4ccccc4-c4ccccc43)c2)n1. The van der Waals surface area contributed by atoms with Crippen molar-refractivity contribution < 1.29 is 0 Å². The first kappa shape index (κ1) is 38.8. The molecule has 0 bridgehead atoms. The van der Waals surface area contributed by atoms with E-state index in [0.717, 1.165) is 27.8 Å². The van der Waals surface area contributed by atoms with E-state index >= 15 is 0 Å². The molecule has 8 aromatic carbocycles. The number of fused-ring (bicyclic) bond motifs is 3. The standard InChI is InChI=1S/C60H44N4/c1-39-37-61-38-55(40(39)2)49-19-12-18-48(35-49)47-17-11-16-46(34-47)44-30-32-51(33-31-44)60(56-24-9-7-22-53(56)54-23-8-10-25-57(54)60)52-21-13-20-50(36-52)59-63-41(3)62-58(64-59)45-28-26-43(27-29-45)42-14-5-4-6-15-42/h4-38H,1-3H3. The zero-order valence-corrected chi connectivity index (χ0v) is 36.0. The normalized spacial score (nSPS) is 12.4. The van der Waals surface area contributed by atoms with Gasteiger partial charge in [-0.2, -0.15) is 0 Å². The van der Waals surface area contributed by atoms with Gasteiger partial charge in [0.2, 0.25) is 0 Å². The number of pyridine rings is 1. The van der Waals surface area contributed by atoms with Gasteiger partial charge < -0.3 is 0 Å². The van der Waals surface area contributed by atoms with Crippen molar-refractivity contribution in [1.29, 1.82) is 0 Å². The highest BCUT2D eigenvalue weighted by Crippen LogP contribution is 2.56. The molecule has 0 saturated carbocycles. The van der Waals surface area contributed by atoms with Crippen molar-refractivity contribution in [2.45, 2.75) is 26.2 Å². The summed E-state index contributed by atoms with van der Waals surface area (Å²) in [5.74, 6) is 1.98. The minimum atomic E-state index is -0.592. The number of aryl methyl sites for hydroxylation is 2. The van der Waals surface area contributed by atoms with Crippen LogP contribution >= 0.6 is 0 Å². The van der Waals surface area contributed by atoms with Gasteiger partial charge in [0.1, 0.15) is 5.82 Å². The first-order valence-electron chi connectivity index (χ1n) is 21.9. The molecule has 0 aliphatic heterocycles. The number of benzene rings is 8. The van der Waals surface area contributed by atoms with Crippen LogP contribution in [0.3, 0.4) is 0 Å². The number of hydrogen-bond donors (Lipinski definition) is 0. The van der Waals surface area contributed by atoms with Gasteiger partial charge >= 0.3 is 0 Å². The Hall–Kier alpha value is -8.08. The van der Waals surface area contributed by atoms with Crippen LogP contribution < -0.4 is 0 Å². The van der Waals surface area contributed by atoms with Crippen LogP contribution in [0.15, 0.2) is 213 Å². The Morgan fingerprint density at radius 1 is 0.328 bits per heavy atom. The van der Waals surface area contributed by atoms with Gasteiger partial charge in [-0.25, -0.2) is 15.0 Å². The molecular formula is C60H44N4. The number of nitrogens with zero attached hydrogens (tertiary/aromatic N) is 4. The van der Waals surface area contributed by atoms with Crippen LogP contribution in [0.25, 0.3) is 78.4 Å². The van der Waals surface area contributed by atoms with E-state index in [0.29, 0.717) is 17.5 Å². The van der Waals surface area contributed by atoms with Crippen LogP contribution in [0.5, 0.6) is 0 Å². The average molecular weight is 821 g/mol. The lowest BCUT2D eigenvalue weighted by molar-refractivity contribution is 0.768. The minimum Gasteiger partial charge on any atom is -0.264 e. The molecule has 10 aromatic rings. The Kier molecular flexibility index (Phi) is 9.70. The molecule has 1 aliphatic carbocycles. The van der Waals surface area contributed by atoms with E-state index in [9.17, 15) is 0 Å². The molecule has 1 aliphatic rings. The molecule has 0 amide bonds. The average Bonchev–Trinajstić information content (AvgIpc) is 3.66. The largest absolute Gasteiger partial charge is 0.264 e. The van der Waals surface area contributed by atoms with Gasteiger partial charge in [-0.1, -0.05) is 182 Å². The summed E-state index contributed by atoms with van der Waals surface area (Å²) in [6.07, 6.45) is 3.90.